The first-order valence-electron chi connectivity index (χ1n) is 6.20. The van der Waals surface area contributed by atoms with Gasteiger partial charge in [-0.15, -0.1) is 0 Å². The molecule has 1 saturated carbocycles. The Morgan fingerprint density at radius 2 is 2.00 bits per heavy atom. The molecule has 1 unspecified atom stereocenters. The maximum Gasteiger partial charge on any atom is 0.0587 e. The van der Waals surface area contributed by atoms with Gasteiger partial charge in [0.15, 0.2) is 0 Å². The molecule has 88 valence electrons. The summed E-state index contributed by atoms with van der Waals surface area (Å²) < 4.78 is 0. The fraction of sp³-hybridized carbons (Fsp3) is 0.571. The molecule has 2 atom stereocenters. The normalized spacial score (nSPS) is 19.4. The molecule has 2 heteroatoms. The molecule has 1 aliphatic carbocycles. The third kappa shape index (κ3) is 3.32. The molecule has 0 spiro atoms. The monoisotopic (exact) mass is 219 g/mol. The van der Waals surface area contributed by atoms with Crippen molar-refractivity contribution in [1.29, 1.82) is 0 Å². The lowest BCUT2D eigenvalue weighted by Crippen LogP contribution is -2.41. The van der Waals surface area contributed by atoms with Crippen molar-refractivity contribution in [3.63, 3.8) is 0 Å². The number of hydrogen-bond acceptors (Lipinski definition) is 2. The highest BCUT2D eigenvalue weighted by atomic mass is 16.3. The third-order valence-electron chi connectivity index (χ3n) is 3.37. The molecule has 0 radical (unpaired) electrons. The van der Waals surface area contributed by atoms with Crippen LogP contribution >= 0.6 is 0 Å². The lowest BCUT2D eigenvalue weighted by atomic mass is 10.0. The molecule has 0 bridgehead atoms. The highest BCUT2D eigenvalue weighted by Gasteiger charge is 2.29. The summed E-state index contributed by atoms with van der Waals surface area (Å²) >= 11 is 0. The van der Waals surface area contributed by atoms with Crippen molar-refractivity contribution in [1.82, 2.24) is 5.32 Å². The summed E-state index contributed by atoms with van der Waals surface area (Å²) in [6.07, 6.45) is 3.60. The van der Waals surface area contributed by atoms with Gasteiger partial charge in [0.25, 0.3) is 0 Å². The van der Waals surface area contributed by atoms with Crippen LogP contribution in [0.2, 0.25) is 0 Å². The molecule has 0 saturated heterocycles. The average Bonchev–Trinajstić information content (AvgIpc) is 3.13. The van der Waals surface area contributed by atoms with Crippen LogP contribution in [0, 0.1) is 5.92 Å². The lowest BCUT2D eigenvalue weighted by molar-refractivity contribution is 0.228. The van der Waals surface area contributed by atoms with E-state index in [2.05, 4.69) is 24.4 Å². The maximum atomic E-state index is 9.38. The Morgan fingerprint density at radius 3 is 2.56 bits per heavy atom. The molecule has 0 heterocycles. The van der Waals surface area contributed by atoms with Gasteiger partial charge in [-0.2, -0.15) is 0 Å². The van der Waals surface area contributed by atoms with Gasteiger partial charge in [0, 0.05) is 12.1 Å². The molecule has 2 N–H and O–H groups in total. The van der Waals surface area contributed by atoms with Crippen molar-refractivity contribution in [2.45, 2.75) is 38.3 Å². The van der Waals surface area contributed by atoms with Gasteiger partial charge in [-0.05, 0) is 37.7 Å². The highest BCUT2D eigenvalue weighted by molar-refractivity contribution is 5.16. The largest absolute Gasteiger partial charge is 0.395 e. The number of rotatable bonds is 6. The van der Waals surface area contributed by atoms with Crippen LogP contribution in [-0.2, 0) is 6.42 Å². The van der Waals surface area contributed by atoms with Crippen LogP contribution in [0.25, 0.3) is 0 Å². The third-order valence-corrected chi connectivity index (χ3v) is 3.37. The summed E-state index contributed by atoms with van der Waals surface area (Å²) in [5.74, 6) is 0.838. The summed E-state index contributed by atoms with van der Waals surface area (Å²) in [6.45, 7) is 2.44. The number of hydrogen-bond donors (Lipinski definition) is 2. The minimum absolute atomic E-state index is 0.193. The van der Waals surface area contributed by atoms with Crippen LogP contribution in [-0.4, -0.2) is 23.8 Å². The average molecular weight is 219 g/mol. The Kier molecular flexibility index (Phi) is 3.97. The van der Waals surface area contributed by atoms with Gasteiger partial charge < -0.3 is 10.4 Å². The molecular weight excluding hydrogens is 198 g/mol. The van der Waals surface area contributed by atoms with Crippen LogP contribution in [0.5, 0.6) is 0 Å². The van der Waals surface area contributed by atoms with Crippen molar-refractivity contribution < 1.29 is 5.11 Å². The topological polar surface area (TPSA) is 32.3 Å². The first kappa shape index (κ1) is 11.6. The van der Waals surface area contributed by atoms with Crippen LogP contribution in [0.15, 0.2) is 30.3 Å². The Balaban J connectivity index is 1.85. The Labute approximate surface area is 97.7 Å². The molecule has 2 rings (SSSR count). The summed E-state index contributed by atoms with van der Waals surface area (Å²) in [5.41, 5.74) is 1.29. The fourth-order valence-electron chi connectivity index (χ4n) is 2.18. The van der Waals surface area contributed by atoms with E-state index in [0.29, 0.717) is 6.04 Å². The lowest BCUT2D eigenvalue weighted by Gasteiger charge is -2.21. The smallest absolute Gasteiger partial charge is 0.0587 e. The Morgan fingerprint density at radius 1 is 1.31 bits per heavy atom. The molecule has 0 aliphatic heterocycles. The van der Waals surface area contributed by atoms with E-state index in [1.807, 2.05) is 18.2 Å². The summed E-state index contributed by atoms with van der Waals surface area (Å²) in [5, 5.41) is 12.9. The van der Waals surface area contributed by atoms with E-state index in [-0.39, 0.29) is 12.6 Å². The molecular formula is C14H21NO. The van der Waals surface area contributed by atoms with Crippen LogP contribution in [0.1, 0.15) is 25.3 Å². The van der Waals surface area contributed by atoms with Gasteiger partial charge in [-0.25, -0.2) is 0 Å². The summed E-state index contributed by atoms with van der Waals surface area (Å²) in [7, 11) is 0. The van der Waals surface area contributed by atoms with E-state index in [1.165, 1.54) is 18.4 Å². The first-order valence-corrected chi connectivity index (χ1v) is 6.20. The van der Waals surface area contributed by atoms with Gasteiger partial charge in [-0.3, -0.25) is 0 Å². The van der Waals surface area contributed by atoms with Crippen LogP contribution in [0.4, 0.5) is 0 Å². The zero-order chi connectivity index (χ0) is 11.4. The van der Waals surface area contributed by atoms with Crippen molar-refractivity contribution in [3.8, 4) is 0 Å². The zero-order valence-electron chi connectivity index (χ0n) is 9.89. The van der Waals surface area contributed by atoms with Crippen LogP contribution in [0.3, 0.4) is 0 Å². The van der Waals surface area contributed by atoms with E-state index in [4.69, 9.17) is 0 Å². The highest BCUT2D eigenvalue weighted by Crippen LogP contribution is 2.32. The van der Waals surface area contributed by atoms with Gasteiger partial charge in [0.05, 0.1) is 6.61 Å². The van der Waals surface area contributed by atoms with Crippen molar-refractivity contribution >= 4 is 0 Å². The SMILES string of the molecule is CC(N[C@H](CO)Cc1ccccc1)C1CC1. The second kappa shape index (κ2) is 5.46. The second-order valence-corrected chi connectivity index (χ2v) is 4.86. The maximum absolute atomic E-state index is 9.38. The Hall–Kier alpha value is -0.860. The molecule has 1 fully saturated rings. The molecule has 0 aromatic heterocycles. The number of aliphatic hydroxyl groups excluding tert-OH is 1. The molecule has 16 heavy (non-hydrogen) atoms. The van der Waals surface area contributed by atoms with Gasteiger partial charge in [-0.1, -0.05) is 30.3 Å². The zero-order valence-corrected chi connectivity index (χ0v) is 9.89. The minimum atomic E-state index is 0.193. The number of nitrogens with one attached hydrogen (secondary N) is 1. The van der Waals surface area contributed by atoms with Crippen LogP contribution < -0.4 is 5.32 Å². The quantitative estimate of drug-likeness (QED) is 0.767. The molecule has 2 nitrogen and oxygen atoms in total. The minimum Gasteiger partial charge on any atom is -0.395 e. The van der Waals surface area contributed by atoms with E-state index >= 15 is 0 Å². The van der Waals surface area contributed by atoms with Crippen molar-refractivity contribution in [2.24, 2.45) is 5.92 Å². The van der Waals surface area contributed by atoms with Gasteiger partial charge in [0.1, 0.15) is 0 Å². The predicted octanol–water partition coefficient (Wildman–Crippen LogP) is 1.98. The predicted molar refractivity (Wildman–Crippen MR) is 66.3 cm³/mol. The number of aliphatic hydroxyl groups is 1. The summed E-state index contributed by atoms with van der Waals surface area (Å²) in [6, 6.07) is 11.1. The molecule has 1 aromatic carbocycles. The van der Waals surface area contributed by atoms with E-state index in [1.54, 1.807) is 0 Å². The standard InChI is InChI=1S/C14H21NO/c1-11(13-7-8-13)15-14(10-16)9-12-5-3-2-4-6-12/h2-6,11,13-16H,7-10H2,1H3/t11?,14-/m0/s1. The van der Waals surface area contributed by atoms with Gasteiger partial charge >= 0.3 is 0 Å². The van der Waals surface area contributed by atoms with Gasteiger partial charge in [0.2, 0.25) is 0 Å². The van der Waals surface area contributed by atoms with Crippen molar-refractivity contribution in [3.05, 3.63) is 35.9 Å². The Bertz CT molecular complexity index is 308. The first-order chi connectivity index (χ1) is 7.79. The summed E-state index contributed by atoms with van der Waals surface area (Å²) in [4.78, 5) is 0. The second-order valence-electron chi connectivity index (χ2n) is 4.86. The van der Waals surface area contributed by atoms with E-state index < -0.39 is 0 Å². The van der Waals surface area contributed by atoms with E-state index in [0.717, 1.165) is 12.3 Å². The van der Waals surface area contributed by atoms with E-state index in [9.17, 15) is 5.11 Å². The molecule has 1 aliphatic rings. The molecule has 0 amide bonds. The molecule has 1 aromatic rings. The number of benzene rings is 1. The fourth-order valence-corrected chi connectivity index (χ4v) is 2.18. The van der Waals surface area contributed by atoms with Crippen molar-refractivity contribution in [2.75, 3.05) is 6.61 Å².